The van der Waals surface area contributed by atoms with Crippen molar-refractivity contribution in [2.24, 2.45) is 5.73 Å². The summed E-state index contributed by atoms with van der Waals surface area (Å²) in [4.78, 5) is 10.3. The first-order valence-corrected chi connectivity index (χ1v) is 8.64. The third kappa shape index (κ3) is 8.41. The van der Waals surface area contributed by atoms with Gasteiger partial charge in [-0.15, -0.1) is 0 Å². The molecule has 0 unspecified atom stereocenters. The first-order chi connectivity index (χ1) is 10.0. The zero-order valence-corrected chi connectivity index (χ0v) is 14.2. The lowest BCUT2D eigenvalue weighted by molar-refractivity contribution is -0.113. The van der Waals surface area contributed by atoms with Crippen LogP contribution in [0.25, 0.3) is 6.08 Å². The van der Waals surface area contributed by atoms with Crippen LogP contribution in [0.5, 0.6) is 0 Å². The van der Waals surface area contributed by atoms with E-state index in [2.05, 4.69) is 6.92 Å². The van der Waals surface area contributed by atoms with E-state index in [1.807, 2.05) is 30.3 Å². The van der Waals surface area contributed by atoms with Crippen LogP contribution in [0.15, 0.2) is 36.4 Å². The lowest BCUT2D eigenvalue weighted by atomic mass is 10.2. The monoisotopic (exact) mass is 311 g/mol. The molecule has 0 radical (unpaired) electrons. The minimum atomic E-state index is -2.22. The van der Waals surface area contributed by atoms with Crippen LogP contribution in [-0.2, 0) is 18.1 Å². The quantitative estimate of drug-likeness (QED) is 0.620. The standard InChI is InChI=1S/C9H9NO.C6H16O3Si/c10-9(11)7-6-8-4-2-1-3-5-8;1-5-6-10(7-2,8-3)9-4/h1-7H,(H2,10,11);5-6H2,1-4H3. The Balaban J connectivity index is 0.000000384. The molecule has 0 bridgehead atoms. The molecule has 0 saturated carbocycles. The number of benzene rings is 1. The minimum Gasteiger partial charge on any atom is -0.377 e. The Kier molecular flexibility index (Phi) is 10.4. The Morgan fingerprint density at radius 3 is 2.00 bits per heavy atom. The van der Waals surface area contributed by atoms with Crippen LogP contribution in [0.2, 0.25) is 6.04 Å². The normalized spacial score (nSPS) is 11.0. The Morgan fingerprint density at radius 2 is 1.67 bits per heavy atom. The number of rotatable bonds is 7. The lowest BCUT2D eigenvalue weighted by Crippen LogP contribution is -2.42. The van der Waals surface area contributed by atoms with Gasteiger partial charge >= 0.3 is 8.80 Å². The fourth-order valence-corrected chi connectivity index (χ4v) is 3.33. The van der Waals surface area contributed by atoms with E-state index in [0.717, 1.165) is 18.0 Å². The molecular formula is C15H25NO4Si. The number of nitrogens with two attached hydrogens (primary N) is 1. The topological polar surface area (TPSA) is 70.8 Å². The van der Waals surface area contributed by atoms with E-state index < -0.39 is 14.7 Å². The van der Waals surface area contributed by atoms with Crippen molar-refractivity contribution in [3.63, 3.8) is 0 Å². The van der Waals surface area contributed by atoms with Crippen LogP contribution in [0.4, 0.5) is 0 Å². The molecule has 0 fully saturated rings. The highest BCUT2D eigenvalue weighted by molar-refractivity contribution is 6.60. The molecule has 6 heteroatoms. The fourth-order valence-electron chi connectivity index (χ4n) is 1.60. The molecule has 1 rings (SSSR count). The van der Waals surface area contributed by atoms with Gasteiger partial charge in [0.05, 0.1) is 0 Å². The van der Waals surface area contributed by atoms with E-state index in [9.17, 15) is 4.79 Å². The Labute approximate surface area is 128 Å². The molecule has 0 aromatic heterocycles. The van der Waals surface area contributed by atoms with Crippen LogP contribution < -0.4 is 5.73 Å². The van der Waals surface area contributed by atoms with E-state index in [-0.39, 0.29) is 0 Å². The van der Waals surface area contributed by atoms with Gasteiger partial charge < -0.3 is 19.0 Å². The summed E-state index contributed by atoms with van der Waals surface area (Å²) in [5.41, 5.74) is 5.89. The van der Waals surface area contributed by atoms with Crippen molar-refractivity contribution in [1.29, 1.82) is 0 Å². The van der Waals surface area contributed by atoms with E-state index in [4.69, 9.17) is 19.0 Å². The lowest BCUT2D eigenvalue weighted by Gasteiger charge is -2.23. The molecule has 1 aromatic carbocycles. The zero-order chi connectivity index (χ0) is 16.1. The minimum absolute atomic E-state index is 0.422. The Morgan fingerprint density at radius 1 is 1.14 bits per heavy atom. The maximum atomic E-state index is 10.3. The van der Waals surface area contributed by atoms with Crippen molar-refractivity contribution in [3.8, 4) is 0 Å². The molecule has 0 spiro atoms. The van der Waals surface area contributed by atoms with Crippen LogP contribution in [-0.4, -0.2) is 36.0 Å². The maximum Gasteiger partial charge on any atom is 0.500 e. The molecule has 1 aromatic rings. The predicted molar refractivity (Wildman–Crippen MR) is 86.5 cm³/mol. The summed E-state index contributed by atoms with van der Waals surface area (Å²) in [6.45, 7) is 2.08. The highest BCUT2D eigenvalue weighted by Gasteiger charge is 2.36. The van der Waals surface area contributed by atoms with Crippen molar-refractivity contribution in [2.75, 3.05) is 21.3 Å². The summed E-state index contributed by atoms with van der Waals surface area (Å²) in [7, 11) is 2.68. The molecule has 0 heterocycles. The summed E-state index contributed by atoms with van der Waals surface area (Å²) in [6.07, 6.45) is 4.05. The van der Waals surface area contributed by atoms with Crippen LogP contribution in [0, 0.1) is 0 Å². The Bertz CT molecular complexity index is 411. The maximum absolute atomic E-state index is 10.3. The van der Waals surface area contributed by atoms with Gasteiger partial charge in [0.2, 0.25) is 5.91 Å². The zero-order valence-electron chi connectivity index (χ0n) is 13.2. The second-order valence-electron chi connectivity index (χ2n) is 4.19. The summed E-state index contributed by atoms with van der Waals surface area (Å²) >= 11 is 0. The van der Waals surface area contributed by atoms with Gasteiger partial charge in [0.1, 0.15) is 0 Å². The highest BCUT2D eigenvalue weighted by Crippen LogP contribution is 2.13. The molecule has 21 heavy (non-hydrogen) atoms. The van der Waals surface area contributed by atoms with Crippen molar-refractivity contribution in [2.45, 2.75) is 19.4 Å². The molecule has 1 amide bonds. The molecule has 0 aliphatic carbocycles. The molecule has 0 saturated heterocycles. The molecule has 118 valence electrons. The molecule has 2 N–H and O–H groups in total. The van der Waals surface area contributed by atoms with E-state index in [1.54, 1.807) is 27.4 Å². The SMILES string of the molecule is CCC[Si](OC)(OC)OC.NC(=O)C=Cc1ccccc1. The number of hydrogen-bond donors (Lipinski definition) is 1. The molecule has 0 aliphatic heterocycles. The average Bonchev–Trinajstić information content (AvgIpc) is 2.52. The summed E-state index contributed by atoms with van der Waals surface area (Å²) < 4.78 is 15.5. The largest absolute Gasteiger partial charge is 0.500 e. The number of carbonyl (C=O) groups excluding carboxylic acids is 1. The van der Waals surface area contributed by atoms with Gasteiger partial charge in [0.15, 0.2) is 0 Å². The van der Waals surface area contributed by atoms with Crippen molar-refractivity contribution in [3.05, 3.63) is 42.0 Å². The van der Waals surface area contributed by atoms with Gasteiger partial charge in [-0.05, 0) is 11.6 Å². The van der Waals surface area contributed by atoms with E-state index in [1.165, 1.54) is 6.08 Å². The summed E-state index contributed by atoms with van der Waals surface area (Å²) in [5, 5.41) is 0. The van der Waals surface area contributed by atoms with Gasteiger partial charge in [-0.1, -0.05) is 43.7 Å². The van der Waals surface area contributed by atoms with E-state index >= 15 is 0 Å². The molecule has 5 nitrogen and oxygen atoms in total. The number of primary amides is 1. The van der Waals surface area contributed by atoms with Crippen molar-refractivity contribution >= 4 is 20.8 Å². The van der Waals surface area contributed by atoms with Gasteiger partial charge in [0.25, 0.3) is 0 Å². The van der Waals surface area contributed by atoms with Gasteiger partial charge in [-0.3, -0.25) is 4.79 Å². The number of amides is 1. The first kappa shape index (κ1) is 19.5. The molecule has 0 atom stereocenters. The third-order valence-corrected chi connectivity index (χ3v) is 5.71. The second-order valence-corrected chi connectivity index (χ2v) is 7.28. The van der Waals surface area contributed by atoms with Crippen molar-refractivity contribution in [1.82, 2.24) is 0 Å². The van der Waals surface area contributed by atoms with Gasteiger partial charge in [0, 0.05) is 33.4 Å². The molecular weight excluding hydrogens is 286 g/mol. The molecule has 0 aliphatic rings. The van der Waals surface area contributed by atoms with Crippen molar-refractivity contribution < 1.29 is 18.1 Å². The average molecular weight is 311 g/mol. The van der Waals surface area contributed by atoms with E-state index in [0.29, 0.717) is 0 Å². The van der Waals surface area contributed by atoms with Crippen LogP contribution >= 0.6 is 0 Å². The Hall–Kier alpha value is -1.47. The van der Waals surface area contributed by atoms with Crippen LogP contribution in [0.1, 0.15) is 18.9 Å². The number of carbonyl (C=O) groups is 1. The third-order valence-electron chi connectivity index (χ3n) is 2.73. The summed E-state index contributed by atoms with van der Waals surface area (Å²) in [5.74, 6) is -0.422. The fraction of sp³-hybridized carbons (Fsp3) is 0.400. The second kappa shape index (κ2) is 11.2. The number of hydrogen-bond acceptors (Lipinski definition) is 4. The van der Waals surface area contributed by atoms with Gasteiger partial charge in [-0.2, -0.15) is 0 Å². The van der Waals surface area contributed by atoms with Gasteiger partial charge in [-0.25, -0.2) is 0 Å². The first-order valence-electron chi connectivity index (χ1n) is 6.71. The van der Waals surface area contributed by atoms with Crippen LogP contribution in [0.3, 0.4) is 0 Å². The smallest absolute Gasteiger partial charge is 0.377 e. The summed E-state index contributed by atoms with van der Waals surface area (Å²) in [6, 6.07) is 10.4. The highest BCUT2D eigenvalue weighted by atomic mass is 28.4. The predicted octanol–water partition coefficient (Wildman–Crippen LogP) is 2.46.